The summed E-state index contributed by atoms with van der Waals surface area (Å²) < 4.78 is 1.97. The molecule has 5 heteroatoms. The smallest absolute Gasteiger partial charge is 0.272 e. The number of nitrogens with zero attached hydrogens (tertiary/aromatic N) is 1. The quantitative estimate of drug-likeness (QED) is 0.758. The molecule has 2 N–H and O–H groups in total. The van der Waals surface area contributed by atoms with E-state index in [9.17, 15) is 4.79 Å². The van der Waals surface area contributed by atoms with Gasteiger partial charge in [-0.25, -0.2) is 14.5 Å². The molecule has 1 aliphatic carbocycles. The topological polar surface area (TPSA) is 53.6 Å². The van der Waals surface area contributed by atoms with Gasteiger partial charge in [-0.1, -0.05) is 12.1 Å². The summed E-state index contributed by atoms with van der Waals surface area (Å²) in [4.78, 5) is 11.7. The summed E-state index contributed by atoms with van der Waals surface area (Å²) in [6.07, 6.45) is 4.53. The van der Waals surface area contributed by atoms with Crippen molar-refractivity contribution in [2.45, 2.75) is 25.7 Å². The monoisotopic (exact) mass is 247 g/mol. The summed E-state index contributed by atoms with van der Waals surface area (Å²) in [5, 5.41) is 5.20. The summed E-state index contributed by atoms with van der Waals surface area (Å²) >= 11 is 5.14. The average Bonchev–Trinajstić information content (AvgIpc) is 2.69. The number of benzene rings is 1. The Hall–Kier alpha value is -1.62. The third-order valence-corrected chi connectivity index (χ3v) is 3.58. The molecule has 0 amide bonds. The normalized spacial score (nSPS) is 14.6. The number of nitrogens with one attached hydrogen (secondary N) is 2. The molecule has 0 saturated carbocycles. The fraction of sp³-hybridized carbons (Fsp3) is 0.333. The number of rotatable bonds is 1. The molecule has 0 unspecified atom stereocenters. The van der Waals surface area contributed by atoms with E-state index >= 15 is 0 Å². The van der Waals surface area contributed by atoms with E-state index in [1.54, 1.807) is 4.57 Å². The molecule has 0 spiro atoms. The first-order valence-electron chi connectivity index (χ1n) is 5.78. The molecule has 1 aromatic carbocycles. The zero-order valence-electron chi connectivity index (χ0n) is 9.32. The van der Waals surface area contributed by atoms with Crippen molar-refractivity contribution in [2.24, 2.45) is 0 Å². The molecule has 1 aliphatic rings. The summed E-state index contributed by atoms with van der Waals surface area (Å²) in [5.74, 6) is 0. The highest BCUT2D eigenvalue weighted by Crippen LogP contribution is 2.26. The van der Waals surface area contributed by atoms with E-state index in [1.165, 1.54) is 24.0 Å². The molecule has 1 heterocycles. The van der Waals surface area contributed by atoms with Gasteiger partial charge >= 0.3 is 5.69 Å². The molecule has 2 aromatic rings. The highest BCUT2D eigenvalue weighted by Gasteiger charge is 2.15. The van der Waals surface area contributed by atoms with Crippen molar-refractivity contribution in [1.82, 2.24) is 14.8 Å². The molecular formula is C12H13N3OS. The predicted octanol–water partition coefficient (Wildman–Crippen LogP) is 2.10. The van der Waals surface area contributed by atoms with Crippen molar-refractivity contribution in [3.63, 3.8) is 0 Å². The summed E-state index contributed by atoms with van der Waals surface area (Å²) in [7, 11) is 0. The SMILES string of the molecule is O=c1[nH][nH]c(=S)n1-c1cccc2c1CCCC2. The van der Waals surface area contributed by atoms with Gasteiger partial charge in [0.05, 0.1) is 5.69 Å². The first-order valence-corrected chi connectivity index (χ1v) is 6.19. The lowest BCUT2D eigenvalue weighted by atomic mass is 9.90. The van der Waals surface area contributed by atoms with Gasteiger partial charge in [0, 0.05) is 0 Å². The van der Waals surface area contributed by atoms with Crippen LogP contribution in [-0.4, -0.2) is 14.8 Å². The second kappa shape index (κ2) is 4.00. The van der Waals surface area contributed by atoms with Gasteiger partial charge in [0.2, 0.25) is 4.77 Å². The lowest BCUT2D eigenvalue weighted by Gasteiger charge is -2.18. The molecule has 0 atom stereocenters. The number of hydrogen-bond acceptors (Lipinski definition) is 2. The Morgan fingerprint density at radius 1 is 1.18 bits per heavy atom. The van der Waals surface area contributed by atoms with Crippen LogP contribution in [0.25, 0.3) is 5.69 Å². The predicted molar refractivity (Wildman–Crippen MR) is 68.2 cm³/mol. The summed E-state index contributed by atoms with van der Waals surface area (Å²) in [5.41, 5.74) is 3.33. The first kappa shape index (κ1) is 10.5. The minimum atomic E-state index is -0.200. The lowest BCUT2D eigenvalue weighted by Crippen LogP contribution is -2.18. The Bertz CT molecular complexity index is 637. The van der Waals surface area contributed by atoms with Crippen molar-refractivity contribution in [2.75, 3.05) is 0 Å². The number of hydrogen-bond donors (Lipinski definition) is 2. The first-order chi connectivity index (χ1) is 8.27. The van der Waals surface area contributed by atoms with Crippen LogP contribution in [0.4, 0.5) is 0 Å². The standard InChI is InChI=1S/C12H13N3OS/c16-11-13-14-12(17)15(11)10-7-3-5-8-4-1-2-6-9(8)10/h3,5,7H,1-2,4,6H2,(H,13,16)(H,14,17). The minimum absolute atomic E-state index is 0.200. The van der Waals surface area contributed by atoms with Crippen LogP contribution in [0.3, 0.4) is 0 Å². The van der Waals surface area contributed by atoms with Crippen LogP contribution in [0, 0.1) is 4.77 Å². The molecule has 88 valence electrons. The number of aryl methyl sites for hydroxylation is 1. The Balaban J connectivity index is 2.29. The van der Waals surface area contributed by atoms with E-state index < -0.39 is 0 Å². The molecule has 0 bridgehead atoms. The summed E-state index contributed by atoms with van der Waals surface area (Å²) in [6, 6.07) is 6.10. The van der Waals surface area contributed by atoms with Gasteiger partial charge in [0.25, 0.3) is 0 Å². The van der Waals surface area contributed by atoms with Crippen molar-refractivity contribution in [3.8, 4) is 5.69 Å². The molecule has 0 aliphatic heterocycles. The third kappa shape index (κ3) is 1.67. The van der Waals surface area contributed by atoms with E-state index in [1.807, 2.05) is 12.1 Å². The number of aromatic nitrogens is 3. The van der Waals surface area contributed by atoms with E-state index in [0.29, 0.717) is 4.77 Å². The van der Waals surface area contributed by atoms with Gasteiger partial charge in [-0.15, -0.1) is 0 Å². The van der Waals surface area contributed by atoms with Crippen molar-refractivity contribution < 1.29 is 0 Å². The lowest BCUT2D eigenvalue weighted by molar-refractivity contribution is 0.680. The highest BCUT2D eigenvalue weighted by molar-refractivity contribution is 7.71. The van der Waals surface area contributed by atoms with Crippen LogP contribution in [0.1, 0.15) is 24.0 Å². The van der Waals surface area contributed by atoms with Gasteiger partial charge in [-0.2, -0.15) is 0 Å². The van der Waals surface area contributed by atoms with Crippen LogP contribution in [0.5, 0.6) is 0 Å². The van der Waals surface area contributed by atoms with Crippen LogP contribution in [-0.2, 0) is 12.8 Å². The fourth-order valence-corrected chi connectivity index (χ4v) is 2.73. The maximum absolute atomic E-state index is 11.7. The van der Waals surface area contributed by atoms with Crippen molar-refractivity contribution >= 4 is 12.2 Å². The second-order valence-electron chi connectivity index (χ2n) is 4.32. The van der Waals surface area contributed by atoms with Gasteiger partial charge < -0.3 is 0 Å². The second-order valence-corrected chi connectivity index (χ2v) is 4.70. The molecule has 17 heavy (non-hydrogen) atoms. The Labute approximate surface area is 103 Å². The van der Waals surface area contributed by atoms with E-state index in [4.69, 9.17) is 12.2 Å². The number of aromatic amines is 2. The Kier molecular flexibility index (Phi) is 2.48. The van der Waals surface area contributed by atoms with Gasteiger partial charge in [0.15, 0.2) is 0 Å². The molecule has 0 radical (unpaired) electrons. The molecule has 4 nitrogen and oxygen atoms in total. The number of H-pyrrole nitrogens is 2. The third-order valence-electron chi connectivity index (χ3n) is 3.29. The van der Waals surface area contributed by atoms with Crippen molar-refractivity contribution in [1.29, 1.82) is 0 Å². The number of fused-ring (bicyclic) bond motifs is 1. The maximum atomic E-state index is 11.7. The van der Waals surface area contributed by atoms with Gasteiger partial charge in [-0.3, -0.25) is 5.10 Å². The summed E-state index contributed by atoms with van der Waals surface area (Å²) in [6.45, 7) is 0. The average molecular weight is 247 g/mol. The molecular weight excluding hydrogens is 234 g/mol. The highest BCUT2D eigenvalue weighted by atomic mass is 32.1. The zero-order chi connectivity index (χ0) is 11.8. The molecule has 0 saturated heterocycles. The fourth-order valence-electron chi connectivity index (χ4n) is 2.50. The van der Waals surface area contributed by atoms with E-state index in [0.717, 1.165) is 18.5 Å². The van der Waals surface area contributed by atoms with Gasteiger partial charge in [0.1, 0.15) is 0 Å². The van der Waals surface area contributed by atoms with Crippen LogP contribution in [0.15, 0.2) is 23.0 Å². The van der Waals surface area contributed by atoms with Crippen LogP contribution in [0.2, 0.25) is 0 Å². The molecule has 3 rings (SSSR count). The van der Waals surface area contributed by atoms with Crippen LogP contribution >= 0.6 is 12.2 Å². The minimum Gasteiger partial charge on any atom is -0.272 e. The maximum Gasteiger partial charge on any atom is 0.347 e. The Morgan fingerprint density at radius 3 is 2.76 bits per heavy atom. The van der Waals surface area contributed by atoms with Gasteiger partial charge in [-0.05, 0) is 55.1 Å². The largest absolute Gasteiger partial charge is 0.347 e. The molecule has 1 aromatic heterocycles. The molecule has 0 fully saturated rings. The van der Waals surface area contributed by atoms with Crippen molar-refractivity contribution in [3.05, 3.63) is 44.6 Å². The zero-order valence-corrected chi connectivity index (χ0v) is 10.1. The van der Waals surface area contributed by atoms with Crippen LogP contribution < -0.4 is 5.69 Å². The Morgan fingerprint density at radius 2 is 2.00 bits per heavy atom. The van der Waals surface area contributed by atoms with E-state index in [-0.39, 0.29) is 5.69 Å². The van der Waals surface area contributed by atoms with E-state index in [2.05, 4.69) is 16.3 Å².